The number of ether oxygens (including phenoxy) is 3. The van der Waals surface area contributed by atoms with Crippen molar-refractivity contribution >= 4 is 17.2 Å². The van der Waals surface area contributed by atoms with Gasteiger partial charge in [0.05, 0.1) is 16.7 Å². The predicted octanol–water partition coefficient (Wildman–Crippen LogP) is 2.74. The summed E-state index contributed by atoms with van der Waals surface area (Å²) in [6.07, 6.45) is 0. The molecule has 1 aliphatic rings. The van der Waals surface area contributed by atoms with Gasteiger partial charge in [-0.1, -0.05) is 0 Å². The van der Waals surface area contributed by atoms with Crippen LogP contribution in [0.3, 0.4) is 0 Å². The van der Waals surface area contributed by atoms with Crippen molar-refractivity contribution in [2.24, 2.45) is 0 Å². The minimum atomic E-state index is -0.180. The van der Waals surface area contributed by atoms with E-state index in [1.165, 1.54) is 0 Å². The number of benzene rings is 1. The Labute approximate surface area is 138 Å². The summed E-state index contributed by atoms with van der Waals surface area (Å²) < 4.78 is 16.0. The van der Waals surface area contributed by atoms with E-state index >= 15 is 0 Å². The molecule has 0 bridgehead atoms. The standard InChI is InChI=1S/C16H18N2O4S/c1-9-16(23-11(3)17-9)10(2)18-15(19)7-20-12-4-5-13-14(6-12)22-8-21-13/h4-6,10H,7-8H2,1-3H3,(H,18,19). The van der Waals surface area contributed by atoms with Gasteiger partial charge in [-0.15, -0.1) is 11.3 Å². The van der Waals surface area contributed by atoms with Gasteiger partial charge in [-0.2, -0.15) is 0 Å². The zero-order valence-corrected chi connectivity index (χ0v) is 14.0. The summed E-state index contributed by atoms with van der Waals surface area (Å²) in [7, 11) is 0. The van der Waals surface area contributed by atoms with E-state index in [0.717, 1.165) is 15.6 Å². The molecule has 1 amide bonds. The Hall–Kier alpha value is -2.28. The molecule has 7 heteroatoms. The largest absolute Gasteiger partial charge is 0.484 e. The summed E-state index contributed by atoms with van der Waals surface area (Å²) in [6, 6.07) is 5.15. The van der Waals surface area contributed by atoms with E-state index in [1.807, 2.05) is 20.8 Å². The molecular formula is C16H18N2O4S. The summed E-state index contributed by atoms with van der Waals surface area (Å²) in [6.45, 7) is 6.01. The van der Waals surface area contributed by atoms with Gasteiger partial charge in [-0.05, 0) is 32.9 Å². The lowest BCUT2D eigenvalue weighted by atomic mass is 10.2. The van der Waals surface area contributed by atoms with Gasteiger partial charge in [-0.3, -0.25) is 4.79 Å². The molecule has 0 spiro atoms. The Morgan fingerprint density at radius 1 is 1.39 bits per heavy atom. The Kier molecular flexibility index (Phi) is 4.38. The first-order valence-electron chi connectivity index (χ1n) is 7.28. The number of thiazole rings is 1. The normalized spacial score (nSPS) is 13.7. The molecular weight excluding hydrogens is 316 g/mol. The Bertz CT molecular complexity index is 729. The second kappa shape index (κ2) is 6.45. The van der Waals surface area contributed by atoms with Crippen molar-refractivity contribution < 1.29 is 19.0 Å². The molecule has 23 heavy (non-hydrogen) atoms. The summed E-state index contributed by atoms with van der Waals surface area (Å²) in [5, 5.41) is 3.92. The number of hydrogen-bond donors (Lipinski definition) is 1. The fourth-order valence-electron chi connectivity index (χ4n) is 2.41. The molecule has 1 aromatic carbocycles. The van der Waals surface area contributed by atoms with Crippen LogP contribution in [0.15, 0.2) is 18.2 Å². The molecule has 0 radical (unpaired) electrons. The highest BCUT2D eigenvalue weighted by Crippen LogP contribution is 2.35. The third-order valence-electron chi connectivity index (χ3n) is 3.42. The first-order chi connectivity index (χ1) is 11.0. The van der Waals surface area contributed by atoms with Crippen molar-refractivity contribution in [2.45, 2.75) is 26.8 Å². The molecule has 2 heterocycles. The van der Waals surface area contributed by atoms with Crippen LogP contribution >= 0.6 is 11.3 Å². The van der Waals surface area contributed by atoms with Crippen LogP contribution in [0.2, 0.25) is 0 Å². The van der Waals surface area contributed by atoms with Crippen molar-refractivity contribution in [2.75, 3.05) is 13.4 Å². The number of nitrogens with one attached hydrogen (secondary N) is 1. The van der Waals surface area contributed by atoms with Crippen molar-refractivity contribution in [3.05, 3.63) is 33.8 Å². The summed E-state index contributed by atoms with van der Waals surface area (Å²) >= 11 is 1.60. The summed E-state index contributed by atoms with van der Waals surface area (Å²) in [5.74, 6) is 1.71. The maximum atomic E-state index is 12.0. The van der Waals surface area contributed by atoms with E-state index in [-0.39, 0.29) is 25.3 Å². The quantitative estimate of drug-likeness (QED) is 0.910. The number of hydrogen-bond acceptors (Lipinski definition) is 6. The zero-order valence-electron chi connectivity index (χ0n) is 13.2. The molecule has 1 unspecified atom stereocenters. The topological polar surface area (TPSA) is 69.7 Å². The van der Waals surface area contributed by atoms with E-state index in [4.69, 9.17) is 14.2 Å². The van der Waals surface area contributed by atoms with Crippen LogP contribution in [-0.4, -0.2) is 24.3 Å². The van der Waals surface area contributed by atoms with Gasteiger partial charge >= 0.3 is 0 Å². The molecule has 1 atom stereocenters. The van der Waals surface area contributed by atoms with Gasteiger partial charge in [0.25, 0.3) is 5.91 Å². The fourth-order valence-corrected chi connectivity index (χ4v) is 3.34. The minimum absolute atomic E-state index is 0.0547. The van der Waals surface area contributed by atoms with E-state index in [9.17, 15) is 4.79 Å². The van der Waals surface area contributed by atoms with Gasteiger partial charge in [-0.25, -0.2) is 4.98 Å². The van der Waals surface area contributed by atoms with Gasteiger partial charge in [0.2, 0.25) is 6.79 Å². The second-order valence-electron chi connectivity index (χ2n) is 5.28. The average molecular weight is 334 g/mol. The number of nitrogens with zero attached hydrogens (tertiary/aromatic N) is 1. The molecule has 122 valence electrons. The van der Waals surface area contributed by atoms with Crippen molar-refractivity contribution in [1.29, 1.82) is 0 Å². The van der Waals surface area contributed by atoms with Crippen LogP contribution in [0.1, 0.15) is 28.5 Å². The SMILES string of the molecule is Cc1nc(C)c(C(C)NC(=O)COc2ccc3c(c2)OCO3)s1. The fraction of sp³-hybridized carbons (Fsp3) is 0.375. The Morgan fingerprint density at radius 2 is 2.17 bits per heavy atom. The predicted molar refractivity (Wildman–Crippen MR) is 86.2 cm³/mol. The number of carbonyl (C=O) groups excluding carboxylic acids is 1. The number of aromatic nitrogens is 1. The van der Waals surface area contributed by atoms with E-state index in [1.54, 1.807) is 29.5 Å². The molecule has 1 aliphatic heterocycles. The van der Waals surface area contributed by atoms with Crippen molar-refractivity contribution in [3.63, 3.8) is 0 Å². The highest BCUT2D eigenvalue weighted by molar-refractivity contribution is 7.11. The van der Waals surface area contributed by atoms with Gasteiger partial charge < -0.3 is 19.5 Å². The molecule has 3 rings (SSSR count). The monoisotopic (exact) mass is 334 g/mol. The second-order valence-corrected chi connectivity index (χ2v) is 6.51. The lowest BCUT2D eigenvalue weighted by molar-refractivity contribution is -0.123. The Morgan fingerprint density at radius 3 is 2.91 bits per heavy atom. The number of amides is 1. The van der Waals surface area contributed by atoms with Crippen LogP contribution < -0.4 is 19.5 Å². The summed E-state index contributed by atoms with van der Waals surface area (Å²) in [4.78, 5) is 17.5. The number of rotatable bonds is 5. The summed E-state index contributed by atoms with van der Waals surface area (Å²) in [5.41, 5.74) is 0.956. The number of fused-ring (bicyclic) bond motifs is 1. The highest BCUT2D eigenvalue weighted by atomic mass is 32.1. The molecule has 0 aliphatic carbocycles. The van der Waals surface area contributed by atoms with E-state index in [2.05, 4.69) is 10.3 Å². The van der Waals surface area contributed by atoms with E-state index in [0.29, 0.717) is 17.2 Å². The van der Waals surface area contributed by atoms with Gasteiger partial charge in [0, 0.05) is 10.9 Å². The molecule has 1 aromatic heterocycles. The maximum Gasteiger partial charge on any atom is 0.258 e. The van der Waals surface area contributed by atoms with Crippen LogP contribution in [-0.2, 0) is 4.79 Å². The molecule has 1 N–H and O–H groups in total. The molecule has 0 saturated heterocycles. The number of aryl methyl sites for hydroxylation is 2. The van der Waals surface area contributed by atoms with Gasteiger partial charge in [0.1, 0.15) is 5.75 Å². The first kappa shape index (κ1) is 15.6. The maximum absolute atomic E-state index is 12.0. The highest BCUT2D eigenvalue weighted by Gasteiger charge is 2.17. The van der Waals surface area contributed by atoms with Crippen molar-refractivity contribution in [1.82, 2.24) is 10.3 Å². The smallest absolute Gasteiger partial charge is 0.258 e. The number of carbonyl (C=O) groups is 1. The van der Waals surface area contributed by atoms with Crippen molar-refractivity contribution in [3.8, 4) is 17.2 Å². The molecule has 0 saturated carbocycles. The first-order valence-corrected chi connectivity index (χ1v) is 8.10. The molecule has 2 aromatic rings. The molecule has 0 fully saturated rings. The lowest BCUT2D eigenvalue weighted by Crippen LogP contribution is -2.31. The average Bonchev–Trinajstić information content (AvgIpc) is 3.10. The minimum Gasteiger partial charge on any atom is -0.484 e. The van der Waals surface area contributed by atoms with Crippen LogP contribution in [0.25, 0.3) is 0 Å². The van der Waals surface area contributed by atoms with Crippen LogP contribution in [0.4, 0.5) is 0 Å². The lowest BCUT2D eigenvalue weighted by Gasteiger charge is -2.13. The Balaban J connectivity index is 1.54. The van der Waals surface area contributed by atoms with E-state index < -0.39 is 0 Å². The zero-order chi connectivity index (χ0) is 16.4. The van der Waals surface area contributed by atoms with Crippen LogP contribution in [0.5, 0.6) is 17.2 Å². The third kappa shape index (κ3) is 3.56. The van der Waals surface area contributed by atoms with Gasteiger partial charge in [0.15, 0.2) is 18.1 Å². The van der Waals surface area contributed by atoms with Crippen LogP contribution in [0, 0.1) is 13.8 Å². The molecule has 6 nitrogen and oxygen atoms in total. The third-order valence-corrected chi connectivity index (χ3v) is 4.68.